The molecule has 0 saturated carbocycles. The lowest BCUT2D eigenvalue weighted by Crippen LogP contribution is -3.07. The molecule has 0 aromatic heterocycles. The van der Waals surface area contributed by atoms with Crippen molar-refractivity contribution in [1.29, 1.82) is 0 Å². The van der Waals surface area contributed by atoms with Gasteiger partial charge in [-0.15, -0.1) is 0 Å². The number of hydrogen-bond acceptors (Lipinski definition) is 3. The quantitative estimate of drug-likeness (QED) is 0.524. The van der Waals surface area contributed by atoms with E-state index in [1.165, 1.54) is 38.1 Å². The lowest BCUT2D eigenvalue weighted by molar-refractivity contribution is -0.774. The molecule has 0 aliphatic rings. The van der Waals surface area contributed by atoms with Gasteiger partial charge in [0.15, 0.2) is 0 Å². The molecule has 2 rings (SSSR count). The predicted octanol–water partition coefficient (Wildman–Crippen LogP) is 3.22. The third-order valence-corrected chi connectivity index (χ3v) is 4.63. The van der Waals surface area contributed by atoms with Crippen LogP contribution in [0, 0.1) is 0 Å². The first kappa shape index (κ1) is 22.7. The number of esters is 1. The normalized spacial score (nSPS) is 14.6. The summed E-state index contributed by atoms with van der Waals surface area (Å²) in [5, 5.41) is 2.54. The number of rotatable bonds is 7. The molecule has 2 atom stereocenters. The molecule has 3 N–H and O–H groups in total. The van der Waals surface area contributed by atoms with Crippen LogP contribution in [-0.2, 0) is 9.53 Å². The molecule has 0 radical (unpaired) electrons. The molecular formula is C20H21ClF3N2O3+. The van der Waals surface area contributed by atoms with Crippen molar-refractivity contribution in [1.82, 2.24) is 5.32 Å². The maximum Gasteiger partial charge on any atom is 0.478 e. The van der Waals surface area contributed by atoms with Crippen LogP contribution >= 0.6 is 11.6 Å². The minimum atomic E-state index is -5.15. The summed E-state index contributed by atoms with van der Waals surface area (Å²) >= 11 is 5.94. The Morgan fingerprint density at radius 1 is 1.10 bits per heavy atom. The van der Waals surface area contributed by atoms with Gasteiger partial charge in [-0.1, -0.05) is 54.1 Å². The Morgan fingerprint density at radius 3 is 2.24 bits per heavy atom. The van der Waals surface area contributed by atoms with Gasteiger partial charge in [0.25, 0.3) is 5.91 Å². The van der Waals surface area contributed by atoms with Crippen LogP contribution < -0.4 is 10.6 Å². The number of benzene rings is 2. The summed E-state index contributed by atoms with van der Waals surface area (Å²) in [7, 11) is 0. The van der Waals surface area contributed by atoms with Crippen molar-refractivity contribution < 1.29 is 32.8 Å². The summed E-state index contributed by atoms with van der Waals surface area (Å²) < 4.78 is 47.4. The predicted molar refractivity (Wildman–Crippen MR) is 101 cm³/mol. The molecule has 0 aliphatic heterocycles. The van der Waals surface area contributed by atoms with Crippen LogP contribution in [0.3, 0.4) is 0 Å². The highest BCUT2D eigenvalue weighted by atomic mass is 35.5. The second kappa shape index (κ2) is 9.28. The Morgan fingerprint density at radius 2 is 1.69 bits per heavy atom. The van der Waals surface area contributed by atoms with Crippen molar-refractivity contribution in [2.24, 2.45) is 0 Å². The maximum atomic E-state index is 14.2. The van der Waals surface area contributed by atoms with Crippen LogP contribution in [0.5, 0.6) is 0 Å². The highest BCUT2D eigenvalue weighted by Gasteiger charge is 2.68. The fourth-order valence-corrected chi connectivity index (χ4v) is 3.03. The Hall–Kier alpha value is -2.58. The van der Waals surface area contributed by atoms with E-state index in [1.807, 2.05) is 5.32 Å². The fraction of sp³-hybridized carbons (Fsp3) is 0.300. The van der Waals surface area contributed by atoms with E-state index in [9.17, 15) is 22.8 Å². The number of hydrogen-bond donors (Lipinski definition) is 2. The Labute approximate surface area is 171 Å². The van der Waals surface area contributed by atoms with E-state index in [-0.39, 0.29) is 17.2 Å². The molecule has 9 heteroatoms. The van der Waals surface area contributed by atoms with Gasteiger partial charge in [0.1, 0.15) is 6.04 Å². The molecule has 0 bridgehead atoms. The number of alkyl halides is 3. The van der Waals surface area contributed by atoms with E-state index < -0.39 is 29.8 Å². The molecule has 0 fully saturated rings. The van der Waals surface area contributed by atoms with Gasteiger partial charge in [0.05, 0.1) is 17.2 Å². The third kappa shape index (κ3) is 5.07. The molecule has 0 spiro atoms. The molecular weight excluding hydrogens is 409 g/mol. The summed E-state index contributed by atoms with van der Waals surface area (Å²) in [5.41, 5.74) is -3.00. The maximum absolute atomic E-state index is 14.2. The van der Waals surface area contributed by atoms with E-state index in [0.717, 1.165) is 5.32 Å². The number of halogens is 4. The number of ether oxygens (including phenoxy) is 1. The van der Waals surface area contributed by atoms with Gasteiger partial charge in [-0.05, 0) is 26.0 Å². The number of carbonyl (C=O) groups is 2. The Kier molecular flexibility index (Phi) is 7.26. The third-order valence-electron chi connectivity index (χ3n) is 4.30. The highest BCUT2D eigenvalue weighted by Crippen LogP contribution is 2.29. The van der Waals surface area contributed by atoms with Crippen molar-refractivity contribution in [3.63, 3.8) is 0 Å². The van der Waals surface area contributed by atoms with Crippen molar-refractivity contribution in [2.75, 3.05) is 6.61 Å². The zero-order valence-electron chi connectivity index (χ0n) is 15.8. The van der Waals surface area contributed by atoms with Gasteiger partial charge < -0.3 is 10.1 Å². The summed E-state index contributed by atoms with van der Waals surface area (Å²) in [6, 6.07) is 13.1. The molecule has 156 valence electrons. The average molecular weight is 430 g/mol. The van der Waals surface area contributed by atoms with Gasteiger partial charge in [0, 0.05) is 5.56 Å². The smallest absolute Gasteiger partial charge is 0.460 e. The minimum Gasteiger partial charge on any atom is -0.460 e. The van der Waals surface area contributed by atoms with E-state index in [2.05, 4.69) is 0 Å². The summed E-state index contributed by atoms with van der Waals surface area (Å²) in [5.74, 6) is -2.76. The molecule has 5 nitrogen and oxygen atoms in total. The van der Waals surface area contributed by atoms with Gasteiger partial charge in [-0.2, -0.15) is 13.2 Å². The van der Waals surface area contributed by atoms with Crippen LogP contribution in [0.4, 0.5) is 13.2 Å². The first-order chi connectivity index (χ1) is 13.6. The van der Waals surface area contributed by atoms with Gasteiger partial charge >= 0.3 is 17.8 Å². The fourth-order valence-electron chi connectivity index (χ4n) is 2.81. The SMILES string of the molecule is CCOC(=O)[C@](NC(=O)c1ccccc1Cl)([NH2+][C@@H](C)c1ccccc1)C(F)(F)F. The summed E-state index contributed by atoms with van der Waals surface area (Å²) in [6.07, 6.45) is -5.15. The van der Waals surface area contributed by atoms with Crippen molar-refractivity contribution in [3.05, 3.63) is 70.7 Å². The molecule has 0 unspecified atom stereocenters. The zero-order chi connectivity index (χ0) is 21.7. The van der Waals surface area contributed by atoms with E-state index in [4.69, 9.17) is 16.3 Å². The van der Waals surface area contributed by atoms with Gasteiger partial charge in [-0.3, -0.25) is 10.1 Å². The lowest BCUT2D eigenvalue weighted by Gasteiger charge is -2.33. The van der Waals surface area contributed by atoms with E-state index in [1.54, 1.807) is 30.3 Å². The molecule has 0 aliphatic carbocycles. The van der Waals surface area contributed by atoms with Crippen LogP contribution in [-0.4, -0.2) is 30.3 Å². The first-order valence-corrected chi connectivity index (χ1v) is 9.22. The van der Waals surface area contributed by atoms with Crippen LogP contribution in [0.2, 0.25) is 5.02 Å². The molecule has 2 aromatic carbocycles. The summed E-state index contributed by atoms with van der Waals surface area (Å²) in [4.78, 5) is 25.1. The zero-order valence-corrected chi connectivity index (χ0v) is 16.6. The van der Waals surface area contributed by atoms with Gasteiger partial charge in [-0.25, -0.2) is 4.79 Å². The lowest BCUT2D eigenvalue weighted by atomic mass is 10.0. The second-order valence-corrected chi connectivity index (χ2v) is 6.73. The average Bonchev–Trinajstić information content (AvgIpc) is 2.67. The number of carbonyl (C=O) groups excluding carboxylic acids is 2. The standard InChI is InChI=1S/C20H20ClF3N2O3/c1-3-29-18(28)19(20(22,23)24,25-13(2)14-9-5-4-6-10-14)26-17(27)15-11-7-8-12-16(15)21/h4-13,25H,3H2,1-2H3,(H,26,27)/p+1/t13-,19+/m0/s1. The van der Waals surface area contributed by atoms with Crippen LogP contribution in [0.1, 0.15) is 35.8 Å². The molecule has 1 amide bonds. The number of amides is 1. The van der Waals surface area contributed by atoms with Gasteiger partial charge in [0.2, 0.25) is 0 Å². The van der Waals surface area contributed by atoms with Crippen molar-refractivity contribution in [2.45, 2.75) is 31.7 Å². The Balaban J connectivity index is 2.49. The molecule has 0 heterocycles. The van der Waals surface area contributed by atoms with Crippen LogP contribution in [0.15, 0.2) is 54.6 Å². The molecule has 29 heavy (non-hydrogen) atoms. The second-order valence-electron chi connectivity index (χ2n) is 6.33. The van der Waals surface area contributed by atoms with E-state index in [0.29, 0.717) is 5.56 Å². The molecule has 2 aromatic rings. The number of quaternary nitrogens is 1. The Bertz CT molecular complexity index is 862. The minimum absolute atomic E-state index is 0.0407. The van der Waals surface area contributed by atoms with E-state index >= 15 is 0 Å². The molecule has 0 saturated heterocycles. The topological polar surface area (TPSA) is 72.0 Å². The first-order valence-electron chi connectivity index (χ1n) is 8.84. The largest absolute Gasteiger partial charge is 0.478 e. The monoisotopic (exact) mass is 429 g/mol. The van der Waals surface area contributed by atoms with Crippen LogP contribution in [0.25, 0.3) is 0 Å². The van der Waals surface area contributed by atoms with Crippen molar-refractivity contribution in [3.8, 4) is 0 Å². The summed E-state index contributed by atoms with van der Waals surface area (Å²) in [6.45, 7) is 2.60. The number of nitrogens with two attached hydrogens (primary N) is 1. The highest BCUT2D eigenvalue weighted by molar-refractivity contribution is 6.33. The number of nitrogens with one attached hydrogen (secondary N) is 1. The van der Waals surface area contributed by atoms with Crippen molar-refractivity contribution >= 4 is 23.5 Å².